The minimum atomic E-state index is -3.13. The lowest BCUT2D eigenvalue weighted by Gasteiger charge is -2.22. The van der Waals surface area contributed by atoms with E-state index in [2.05, 4.69) is 0 Å². The molecule has 0 radical (unpaired) electrons. The van der Waals surface area contributed by atoms with Crippen LogP contribution < -0.4 is 19.9 Å². The van der Waals surface area contributed by atoms with Crippen molar-refractivity contribution < 1.29 is 27.4 Å². The highest BCUT2D eigenvalue weighted by atomic mass is 32.2. The molecule has 0 bridgehead atoms. The van der Waals surface area contributed by atoms with E-state index in [1.54, 1.807) is 0 Å². The van der Waals surface area contributed by atoms with E-state index in [9.17, 15) is 13.2 Å². The van der Waals surface area contributed by atoms with Crippen molar-refractivity contribution >= 4 is 27.1 Å². The van der Waals surface area contributed by atoms with Gasteiger partial charge in [-0.25, -0.2) is 8.42 Å². The lowest BCUT2D eigenvalue weighted by Crippen LogP contribution is -2.18. The second kappa shape index (κ2) is 9.29. The molecule has 1 aromatic heterocycles. The molecule has 1 unspecified atom stereocenters. The Bertz CT molecular complexity index is 922. The number of hydrogen-bond donors (Lipinski definition) is 1. The molecule has 0 aliphatic heterocycles. The van der Waals surface area contributed by atoms with Crippen LogP contribution >= 0.6 is 11.3 Å². The van der Waals surface area contributed by atoms with Crippen molar-refractivity contribution in [3.05, 3.63) is 39.6 Å². The molecular formula is C19H25NO6S2. The number of benzene rings is 1. The number of nitrogens with two attached hydrogens (primary N) is 1. The molecule has 0 fully saturated rings. The first kappa shape index (κ1) is 22.0. The predicted octanol–water partition coefficient (Wildman–Crippen LogP) is 2.63. The van der Waals surface area contributed by atoms with Gasteiger partial charge in [0, 0.05) is 22.3 Å². The van der Waals surface area contributed by atoms with E-state index in [-0.39, 0.29) is 17.2 Å². The van der Waals surface area contributed by atoms with Gasteiger partial charge in [-0.1, -0.05) is 6.07 Å². The fourth-order valence-corrected chi connectivity index (χ4v) is 4.69. The third-order valence-electron chi connectivity index (χ3n) is 4.43. The molecule has 0 saturated carbocycles. The van der Waals surface area contributed by atoms with E-state index in [4.69, 9.17) is 19.9 Å². The standard InChI is InChI=1S/C19H25NO6S2/c1-24-15-11-14(19(20)21)13(17(25-2)18(15)26-3)10-12(7-9-28(4,22)23)16-6-5-8-27-16/h5-6,8,11-12H,7,9-10H2,1-4H3,(H2,20,21). The number of carbonyl (C=O) groups excluding carboxylic acids is 1. The molecule has 1 amide bonds. The summed E-state index contributed by atoms with van der Waals surface area (Å²) in [5.41, 5.74) is 6.44. The molecule has 0 saturated heterocycles. The van der Waals surface area contributed by atoms with Crippen LogP contribution in [-0.2, 0) is 16.3 Å². The first-order valence-electron chi connectivity index (χ1n) is 8.54. The molecule has 154 valence electrons. The summed E-state index contributed by atoms with van der Waals surface area (Å²) in [6.07, 6.45) is 2.00. The summed E-state index contributed by atoms with van der Waals surface area (Å²) < 4.78 is 39.7. The zero-order valence-electron chi connectivity index (χ0n) is 16.4. The van der Waals surface area contributed by atoms with Gasteiger partial charge < -0.3 is 19.9 Å². The zero-order chi connectivity index (χ0) is 20.9. The van der Waals surface area contributed by atoms with Crippen LogP contribution in [-0.4, -0.2) is 47.7 Å². The molecule has 2 rings (SSSR count). The quantitative estimate of drug-likeness (QED) is 0.625. The van der Waals surface area contributed by atoms with Gasteiger partial charge in [0.1, 0.15) is 9.84 Å². The minimum Gasteiger partial charge on any atom is -0.493 e. The third-order valence-corrected chi connectivity index (χ3v) is 6.44. The van der Waals surface area contributed by atoms with E-state index >= 15 is 0 Å². The van der Waals surface area contributed by atoms with Gasteiger partial charge in [0.15, 0.2) is 11.5 Å². The van der Waals surface area contributed by atoms with Gasteiger partial charge in [-0.3, -0.25) is 4.79 Å². The fourth-order valence-electron chi connectivity index (χ4n) is 3.11. The fraction of sp³-hybridized carbons (Fsp3) is 0.421. The van der Waals surface area contributed by atoms with E-state index in [0.717, 1.165) is 4.88 Å². The second-order valence-corrected chi connectivity index (χ2v) is 9.61. The average Bonchev–Trinajstić information content (AvgIpc) is 3.17. The molecule has 2 aromatic rings. The van der Waals surface area contributed by atoms with E-state index < -0.39 is 15.7 Å². The highest BCUT2D eigenvalue weighted by Crippen LogP contribution is 2.44. The van der Waals surface area contributed by atoms with E-state index in [0.29, 0.717) is 35.7 Å². The van der Waals surface area contributed by atoms with Gasteiger partial charge in [0.05, 0.1) is 27.1 Å². The van der Waals surface area contributed by atoms with E-state index in [1.165, 1.54) is 45.0 Å². The van der Waals surface area contributed by atoms with Crippen molar-refractivity contribution in [2.45, 2.75) is 18.8 Å². The Labute approximate surface area is 169 Å². The average molecular weight is 428 g/mol. The summed E-state index contributed by atoms with van der Waals surface area (Å²) in [6.45, 7) is 0. The number of hydrogen-bond acceptors (Lipinski definition) is 7. The van der Waals surface area contributed by atoms with Crippen molar-refractivity contribution in [3.8, 4) is 17.2 Å². The van der Waals surface area contributed by atoms with Crippen molar-refractivity contribution in [2.75, 3.05) is 33.3 Å². The van der Waals surface area contributed by atoms with Crippen LogP contribution in [0.4, 0.5) is 0 Å². The minimum absolute atomic E-state index is 0.0388. The Morgan fingerprint density at radius 1 is 1.18 bits per heavy atom. The number of primary amides is 1. The normalized spacial score (nSPS) is 12.4. The highest BCUT2D eigenvalue weighted by molar-refractivity contribution is 7.90. The maximum absolute atomic E-state index is 12.1. The van der Waals surface area contributed by atoms with Crippen molar-refractivity contribution in [3.63, 3.8) is 0 Å². The zero-order valence-corrected chi connectivity index (χ0v) is 18.0. The Morgan fingerprint density at radius 2 is 1.86 bits per heavy atom. The molecule has 2 N–H and O–H groups in total. The molecule has 1 aromatic carbocycles. The molecule has 0 aliphatic carbocycles. The monoisotopic (exact) mass is 427 g/mol. The number of amides is 1. The topological polar surface area (TPSA) is 105 Å². The Kier molecular flexibility index (Phi) is 7.31. The summed E-state index contributed by atoms with van der Waals surface area (Å²) >= 11 is 1.54. The maximum atomic E-state index is 12.1. The van der Waals surface area contributed by atoms with Crippen LogP contribution in [0, 0.1) is 0 Å². The van der Waals surface area contributed by atoms with Crippen LogP contribution in [0.3, 0.4) is 0 Å². The Hall–Kier alpha value is -2.26. The molecule has 0 spiro atoms. The first-order chi connectivity index (χ1) is 13.2. The molecule has 1 heterocycles. The van der Waals surface area contributed by atoms with Crippen LogP contribution in [0.25, 0.3) is 0 Å². The molecule has 7 nitrogen and oxygen atoms in total. The number of thiophene rings is 1. The smallest absolute Gasteiger partial charge is 0.249 e. The summed E-state index contributed by atoms with van der Waals surface area (Å²) in [5.74, 6) is 0.342. The van der Waals surface area contributed by atoms with Crippen molar-refractivity contribution in [1.82, 2.24) is 0 Å². The van der Waals surface area contributed by atoms with Crippen LogP contribution in [0.2, 0.25) is 0 Å². The van der Waals surface area contributed by atoms with Gasteiger partial charge in [0.2, 0.25) is 11.7 Å². The lowest BCUT2D eigenvalue weighted by atomic mass is 9.91. The Morgan fingerprint density at radius 3 is 2.32 bits per heavy atom. The SMILES string of the molecule is COc1cc(C(N)=O)c(CC(CCS(C)(=O)=O)c2cccs2)c(OC)c1OC. The first-order valence-corrected chi connectivity index (χ1v) is 11.5. The largest absolute Gasteiger partial charge is 0.493 e. The summed E-state index contributed by atoms with van der Waals surface area (Å²) in [6, 6.07) is 5.39. The van der Waals surface area contributed by atoms with Crippen LogP contribution in [0.5, 0.6) is 17.2 Å². The number of methoxy groups -OCH3 is 3. The van der Waals surface area contributed by atoms with Gasteiger partial charge in [-0.15, -0.1) is 11.3 Å². The summed E-state index contributed by atoms with van der Waals surface area (Å²) in [5, 5.41) is 1.93. The van der Waals surface area contributed by atoms with Gasteiger partial charge in [-0.2, -0.15) is 0 Å². The van der Waals surface area contributed by atoms with Gasteiger partial charge in [-0.05, 0) is 36.3 Å². The molecular weight excluding hydrogens is 402 g/mol. The van der Waals surface area contributed by atoms with Gasteiger partial charge >= 0.3 is 0 Å². The number of carbonyl (C=O) groups is 1. The van der Waals surface area contributed by atoms with Gasteiger partial charge in [0.25, 0.3) is 0 Å². The van der Waals surface area contributed by atoms with Crippen molar-refractivity contribution in [1.29, 1.82) is 0 Å². The summed E-state index contributed by atoms with van der Waals surface area (Å²) in [4.78, 5) is 13.1. The Balaban J connectivity index is 2.57. The molecule has 9 heteroatoms. The van der Waals surface area contributed by atoms with Crippen LogP contribution in [0.15, 0.2) is 23.6 Å². The second-order valence-electron chi connectivity index (χ2n) is 6.37. The number of sulfone groups is 1. The molecule has 28 heavy (non-hydrogen) atoms. The lowest BCUT2D eigenvalue weighted by molar-refractivity contribution is 0.0998. The van der Waals surface area contributed by atoms with E-state index in [1.807, 2.05) is 17.5 Å². The maximum Gasteiger partial charge on any atom is 0.249 e. The summed E-state index contributed by atoms with van der Waals surface area (Å²) in [7, 11) is 1.28. The molecule has 0 aliphatic rings. The van der Waals surface area contributed by atoms with Crippen LogP contribution in [0.1, 0.15) is 33.1 Å². The predicted molar refractivity (Wildman–Crippen MR) is 110 cm³/mol. The number of ether oxygens (including phenoxy) is 3. The highest BCUT2D eigenvalue weighted by Gasteiger charge is 2.26. The number of rotatable bonds is 10. The third kappa shape index (κ3) is 5.17. The molecule has 1 atom stereocenters. The van der Waals surface area contributed by atoms with Crippen molar-refractivity contribution in [2.24, 2.45) is 5.73 Å².